The van der Waals surface area contributed by atoms with Crippen LogP contribution >= 0.6 is 11.6 Å². The number of carbonyl (C=O) groups excluding carboxylic acids is 2. The number of benzene rings is 2. The molecule has 1 aliphatic rings. The van der Waals surface area contributed by atoms with Crippen LogP contribution in [0.5, 0.6) is 17.2 Å². The predicted molar refractivity (Wildman–Crippen MR) is 115 cm³/mol. The molecule has 0 saturated carbocycles. The van der Waals surface area contributed by atoms with Crippen molar-refractivity contribution in [2.45, 2.75) is 19.9 Å². The molecule has 0 aromatic heterocycles. The Morgan fingerprint density at radius 3 is 2.10 bits per heavy atom. The molecule has 3 rings (SSSR count). The van der Waals surface area contributed by atoms with E-state index in [1.807, 2.05) is 0 Å². The average Bonchev–Trinajstić information content (AvgIpc) is 2.97. The zero-order valence-electron chi connectivity index (χ0n) is 17.4. The number of nitrogens with zero attached hydrogens (tertiary/aromatic N) is 1. The van der Waals surface area contributed by atoms with Gasteiger partial charge in [-0.05, 0) is 49.7 Å². The number of methoxy groups -OCH3 is 3. The summed E-state index contributed by atoms with van der Waals surface area (Å²) in [6.45, 7) is 3.57. The van der Waals surface area contributed by atoms with Gasteiger partial charge in [0.2, 0.25) is 0 Å². The molecule has 1 heterocycles. The lowest BCUT2D eigenvalue weighted by atomic mass is 10.0. The van der Waals surface area contributed by atoms with Crippen LogP contribution in [0.15, 0.2) is 42.1 Å². The molecule has 30 heavy (non-hydrogen) atoms. The minimum absolute atomic E-state index is 0.140. The molecule has 0 radical (unpaired) electrons. The molecule has 2 aromatic carbocycles. The zero-order chi connectivity index (χ0) is 22.0. The smallest absolute Gasteiger partial charge is 0.278 e. The van der Waals surface area contributed by atoms with E-state index in [-0.39, 0.29) is 17.3 Å². The number of carbonyl (C=O) groups is 2. The third-order valence-electron chi connectivity index (χ3n) is 4.73. The van der Waals surface area contributed by atoms with E-state index in [1.54, 1.807) is 50.2 Å². The second-order valence-electron chi connectivity index (χ2n) is 6.86. The third-order valence-corrected chi connectivity index (χ3v) is 4.96. The molecule has 1 N–H and O–H groups in total. The SMILES string of the molecule is COc1ccc(Cl)cc1NC1=C(c2ccc(OC)c(OC)c2)C(=O)N(C(C)C)C1=O. The van der Waals surface area contributed by atoms with E-state index in [1.165, 1.54) is 26.2 Å². The van der Waals surface area contributed by atoms with Gasteiger partial charge in [0.05, 0.1) is 32.6 Å². The van der Waals surface area contributed by atoms with E-state index in [0.717, 1.165) is 0 Å². The summed E-state index contributed by atoms with van der Waals surface area (Å²) in [4.78, 5) is 27.6. The van der Waals surface area contributed by atoms with Crippen molar-refractivity contribution < 1.29 is 23.8 Å². The van der Waals surface area contributed by atoms with E-state index in [0.29, 0.717) is 33.5 Å². The second-order valence-corrected chi connectivity index (χ2v) is 7.30. The minimum Gasteiger partial charge on any atom is -0.495 e. The summed E-state index contributed by atoms with van der Waals surface area (Å²) >= 11 is 6.13. The molecule has 0 unspecified atom stereocenters. The van der Waals surface area contributed by atoms with Crippen LogP contribution in [-0.2, 0) is 9.59 Å². The average molecular weight is 431 g/mol. The topological polar surface area (TPSA) is 77.1 Å². The van der Waals surface area contributed by atoms with Crippen molar-refractivity contribution in [3.63, 3.8) is 0 Å². The number of imide groups is 1. The molecule has 0 aliphatic carbocycles. The van der Waals surface area contributed by atoms with Crippen molar-refractivity contribution in [1.29, 1.82) is 0 Å². The quantitative estimate of drug-likeness (QED) is 0.670. The fraction of sp³-hybridized carbons (Fsp3) is 0.273. The Morgan fingerprint density at radius 1 is 0.867 bits per heavy atom. The Bertz CT molecular complexity index is 1030. The molecule has 7 nitrogen and oxygen atoms in total. The highest BCUT2D eigenvalue weighted by Gasteiger charge is 2.41. The molecule has 0 saturated heterocycles. The van der Waals surface area contributed by atoms with Gasteiger partial charge in [-0.15, -0.1) is 0 Å². The van der Waals surface area contributed by atoms with Crippen molar-refractivity contribution in [1.82, 2.24) is 4.90 Å². The van der Waals surface area contributed by atoms with Gasteiger partial charge in [-0.25, -0.2) is 0 Å². The Hall–Kier alpha value is -3.19. The fourth-order valence-corrected chi connectivity index (χ4v) is 3.48. The molecule has 1 aliphatic heterocycles. The van der Waals surface area contributed by atoms with Gasteiger partial charge < -0.3 is 19.5 Å². The molecule has 2 amide bonds. The van der Waals surface area contributed by atoms with E-state index in [9.17, 15) is 9.59 Å². The molecule has 158 valence electrons. The van der Waals surface area contributed by atoms with Crippen LogP contribution in [0, 0.1) is 0 Å². The lowest BCUT2D eigenvalue weighted by Gasteiger charge is -2.19. The van der Waals surface area contributed by atoms with Gasteiger partial charge in [-0.1, -0.05) is 17.7 Å². The van der Waals surface area contributed by atoms with Gasteiger partial charge in [0.1, 0.15) is 11.4 Å². The van der Waals surface area contributed by atoms with Gasteiger partial charge in [-0.2, -0.15) is 0 Å². The first kappa shape index (κ1) is 21.5. The van der Waals surface area contributed by atoms with Crippen LogP contribution in [0.2, 0.25) is 5.02 Å². The molecule has 0 spiro atoms. The number of halogens is 1. The summed E-state index contributed by atoms with van der Waals surface area (Å²) in [5, 5.41) is 3.53. The first-order valence-electron chi connectivity index (χ1n) is 9.27. The summed E-state index contributed by atoms with van der Waals surface area (Å²) in [5.74, 6) is 0.630. The number of nitrogens with one attached hydrogen (secondary N) is 1. The Morgan fingerprint density at radius 2 is 1.50 bits per heavy atom. The van der Waals surface area contributed by atoms with Gasteiger partial charge >= 0.3 is 0 Å². The number of hydrogen-bond acceptors (Lipinski definition) is 6. The maximum absolute atomic E-state index is 13.2. The van der Waals surface area contributed by atoms with Crippen molar-refractivity contribution in [3.05, 3.63) is 52.7 Å². The monoisotopic (exact) mass is 430 g/mol. The summed E-state index contributed by atoms with van der Waals surface area (Å²) in [6.07, 6.45) is 0. The lowest BCUT2D eigenvalue weighted by molar-refractivity contribution is -0.138. The number of amides is 2. The minimum atomic E-state index is -0.429. The normalized spacial score (nSPS) is 13.9. The van der Waals surface area contributed by atoms with Crippen LogP contribution in [0.25, 0.3) is 5.57 Å². The van der Waals surface area contributed by atoms with Crippen LogP contribution < -0.4 is 19.5 Å². The van der Waals surface area contributed by atoms with E-state index in [4.69, 9.17) is 25.8 Å². The first-order chi connectivity index (χ1) is 14.3. The maximum Gasteiger partial charge on any atom is 0.278 e. The highest BCUT2D eigenvalue weighted by Crippen LogP contribution is 2.38. The largest absolute Gasteiger partial charge is 0.495 e. The molecular formula is C22H23ClN2O5. The molecule has 0 bridgehead atoms. The van der Waals surface area contributed by atoms with E-state index >= 15 is 0 Å². The Balaban J connectivity index is 2.18. The summed E-state index contributed by atoms with van der Waals surface area (Å²) in [6, 6.07) is 9.74. The first-order valence-corrected chi connectivity index (χ1v) is 9.65. The maximum atomic E-state index is 13.2. The highest BCUT2D eigenvalue weighted by atomic mass is 35.5. The fourth-order valence-electron chi connectivity index (χ4n) is 3.30. The van der Waals surface area contributed by atoms with Crippen LogP contribution in [0.4, 0.5) is 5.69 Å². The summed E-state index contributed by atoms with van der Waals surface area (Å²) in [5.41, 5.74) is 1.38. The number of ether oxygens (including phenoxy) is 3. The number of hydrogen-bond donors (Lipinski definition) is 1. The molecule has 8 heteroatoms. The van der Waals surface area contributed by atoms with Crippen LogP contribution in [0.1, 0.15) is 19.4 Å². The van der Waals surface area contributed by atoms with Crippen molar-refractivity contribution in [2.24, 2.45) is 0 Å². The third kappa shape index (κ3) is 3.80. The standard InChI is InChI=1S/C22H23ClN2O5/c1-12(2)25-21(26)19(13-6-8-17(29-4)18(10-13)30-5)20(22(25)27)24-15-11-14(23)7-9-16(15)28-3/h6-12,24H,1-5H3. The van der Waals surface area contributed by atoms with Crippen molar-refractivity contribution >= 4 is 34.7 Å². The van der Waals surface area contributed by atoms with Crippen molar-refractivity contribution in [3.8, 4) is 17.2 Å². The summed E-state index contributed by atoms with van der Waals surface area (Å²) < 4.78 is 16.0. The second kappa shape index (κ2) is 8.67. The molecule has 0 fully saturated rings. The van der Waals surface area contributed by atoms with E-state index in [2.05, 4.69) is 5.32 Å². The predicted octanol–water partition coefficient (Wildman–Crippen LogP) is 3.97. The zero-order valence-corrected chi connectivity index (χ0v) is 18.2. The van der Waals surface area contributed by atoms with Crippen LogP contribution in [0.3, 0.4) is 0 Å². The molecular weight excluding hydrogens is 408 g/mol. The van der Waals surface area contributed by atoms with Gasteiger partial charge in [0.15, 0.2) is 11.5 Å². The van der Waals surface area contributed by atoms with Crippen LogP contribution in [-0.4, -0.2) is 44.1 Å². The van der Waals surface area contributed by atoms with Gasteiger partial charge in [-0.3, -0.25) is 14.5 Å². The van der Waals surface area contributed by atoms with Gasteiger partial charge in [0.25, 0.3) is 11.8 Å². The lowest BCUT2D eigenvalue weighted by Crippen LogP contribution is -2.38. The van der Waals surface area contributed by atoms with Gasteiger partial charge in [0, 0.05) is 11.1 Å². The Labute approximate surface area is 180 Å². The highest BCUT2D eigenvalue weighted by molar-refractivity contribution is 6.37. The summed E-state index contributed by atoms with van der Waals surface area (Å²) in [7, 11) is 4.55. The Kier molecular flexibility index (Phi) is 6.22. The van der Waals surface area contributed by atoms with Crippen molar-refractivity contribution in [2.75, 3.05) is 26.6 Å². The number of anilines is 1. The number of rotatable bonds is 7. The van der Waals surface area contributed by atoms with E-state index < -0.39 is 11.8 Å². The molecule has 0 atom stereocenters. The molecule has 2 aromatic rings.